The Morgan fingerprint density at radius 1 is 1.32 bits per heavy atom. The van der Waals surface area contributed by atoms with E-state index in [1.54, 1.807) is 0 Å². The minimum absolute atomic E-state index is 0.141. The molecule has 0 fully saturated rings. The summed E-state index contributed by atoms with van der Waals surface area (Å²) in [4.78, 5) is 0. The molecule has 106 valence electrons. The minimum Gasteiger partial charge on any atom is -0.487 e. The van der Waals surface area contributed by atoms with Gasteiger partial charge in [-0.2, -0.15) is 0 Å². The molecule has 1 N–H and O–H groups in total. The Kier molecular flexibility index (Phi) is 4.46. The second kappa shape index (κ2) is 5.91. The third-order valence-electron chi connectivity index (χ3n) is 4.01. The molecule has 19 heavy (non-hydrogen) atoms. The van der Waals surface area contributed by atoms with Crippen LogP contribution >= 0.6 is 0 Å². The number of rotatable bonds is 5. The van der Waals surface area contributed by atoms with Crippen molar-refractivity contribution in [3.05, 3.63) is 29.6 Å². The number of fused-ring (bicyclic) bond motifs is 1. The summed E-state index contributed by atoms with van der Waals surface area (Å²) in [5.41, 5.74) is 0.935. The van der Waals surface area contributed by atoms with Crippen LogP contribution in [0.5, 0.6) is 5.75 Å². The Labute approximate surface area is 115 Å². The average molecular weight is 265 g/mol. The molecule has 0 aromatic heterocycles. The van der Waals surface area contributed by atoms with Gasteiger partial charge in [-0.05, 0) is 26.0 Å². The third kappa shape index (κ3) is 2.92. The summed E-state index contributed by atoms with van der Waals surface area (Å²) >= 11 is 0. The molecule has 0 amide bonds. The molecule has 0 saturated heterocycles. The molecule has 3 heteroatoms. The van der Waals surface area contributed by atoms with E-state index in [0.29, 0.717) is 5.75 Å². The summed E-state index contributed by atoms with van der Waals surface area (Å²) in [6.07, 6.45) is 5.18. The van der Waals surface area contributed by atoms with Gasteiger partial charge in [0.1, 0.15) is 17.2 Å². The molecule has 1 aliphatic rings. The predicted molar refractivity (Wildman–Crippen MR) is 76.0 cm³/mol. The monoisotopic (exact) mass is 265 g/mol. The van der Waals surface area contributed by atoms with E-state index in [1.165, 1.54) is 12.1 Å². The zero-order chi connectivity index (χ0) is 13.9. The van der Waals surface area contributed by atoms with Crippen molar-refractivity contribution in [1.82, 2.24) is 5.32 Å². The predicted octanol–water partition coefficient (Wildman–Crippen LogP) is 4.21. The van der Waals surface area contributed by atoms with Crippen LogP contribution in [0.2, 0.25) is 0 Å². The molecule has 1 atom stereocenters. The maximum atomic E-state index is 13.4. The van der Waals surface area contributed by atoms with Gasteiger partial charge in [-0.25, -0.2) is 4.39 Å². The fourth-order valence-electron chi connectivity index (χ4n) is 3.24. The van der Waals surface area contributed by atoms with E-state index < -0.39 is 0 Å². The molecule has 0 saturated carbocycles. The number of halogens is 1. The number of benzene rings is 1. The maximum Gasteiger partial charge on any atom is 0.127 e. The Bertz CT molecular complexity index is 427. The Hall–Kier alpha value is -1.09. The fourth-order valence-corrected chi connectivity index (χ4v) is 3.24. The van der Waals surface area contributed by atoms with E-state index in [0.717, 1.165) is 37.7 Å². The highest BCUT2D eigenvalue weighted by atomic mass is 19.1. The van der Waals surface area contributed by atoms with Crippen LogP contribution in [0.25, 0.3) is 0 Å². The SMILES string of the molecule is CCCC1(CCC)CC(NC)c2ccc(F)cc2O1. The summed E-state index contributed by atoms with van der Waals surface area (Å²) in [6.45, 7) is 4.35. The van der Waals surface area contributed by atoms with Crippen molar-refractivity contribution >= 4 is 0 Å². The first kappa shape index (κ1) is 14.3. The van der Waals surface area contributed by atoms with Gasteiger partial charge in [0.15, 0.2) is 0 Å². The number of ether oxygens (including phenoxy) is 1. The molecule has 0 bridgehead atoms. The van der Waals surface area contributed by atoms with Crippen LogP contribution in [-0.4, -0.2) is 12.6 Å². The molecule has 0 aliphatic carbocycles. The van der Waals surface area contributed by atoms with Crippen LogP contribution in [0.4, 0.5) is 4.39 Å². The largest absolute Gasteiger partial charge is 0.487 e. The zero-order valence-corrected chi connectivity index (χ0v) is 12.1. The van der Waals surface area contributed by atoms with Gasteiger partial charge in [-0.15, -0.1) is 0 Å². The van der Waals surface area contributed by atoms with Gasteiger partial charge >= 0.3 is 0 Å². The highest BCUT2D eigenvalue weighted by Crippen LogP contribution is 2.43. The van der Waals surface area contributed by atoms with Gasteiger partial charge in [0.2, 0.25) is 0 Å². The topological polar surface area (TPSA) is 21.3 Å². The van der Waals surface area contributed by atoms with E-state index in [-0.39, 0.29) is 17.5 Å². The van der Waals surface area contributed by atoms with Gasteiger partial charge < -0.3 is 10.1 Å². The lowest BCUT2D eigenvalue weighted by Crippen LogP contribution is -2.43. The average Bonchev–Trinajstić information content (AvgIpc) is 2.38. The molecule has 1 heterocycles. The maximum absolute atomic E-state index is 13.4. The van der Waals surface area contributed by atoms with E-state index in [1.807, 2.05) is 13.1 Å². The number of nitrogens with one attached hydrogen (secondary N) is 1. The first-order valence-corrected chi connectivity index (χ1v) is 7.30. The number of hydrogen-bond acceptors (Lipinski definition) is 2. The van der Waals surface area contributed by atoms with Crippen molar-refractivity contribution in [3.8, 4) is 5.75 Å². The third-order valence-corrected chi connectivity index (χ3v) is 4.01. The van der Waals surface area contributed by atoms with Crippen LogP contribution < -0.4 is 10.1 Å². The Morgan fingerprint density at radius 2 is 2.00 bits per heavy atom. The first-order chi connectivity index (χ1) is 9.14. The lowest BCUT2D eigenvalue weighted by Gasteiger charge is -2.42. The second-order valence-corrected chi connectivity index (χ2v) is 5.51. The van der Waals surface area contributed by atoms with Gasteiger partial charge in [-0.1, -0.05) is 32.8 Å². The molecule has 0 spiro atoms. The standard InChI is InChI=1S/C16H24FNO/c1-4-8-16(9-5-2)11-14(18-3)13-7-6-12(17)10-15(13)19-16/h6-7,10,14,18H,4-5,8-9,11H2,1-3H3. The van der Waals surface area contributed by atoms with Crippen LogP contribution in [-0.2, 0) is 0 Å². The molecule has 1 aromatic rings. The molecular weight excluding hydrogens is 241 g/mol. The molecular formula is C16H24FNO. The second-order valence-electron chi connectivity index (χ2n) is 5.51. The van der Waals surface area contributed by atoms with Crippen LogP contribution in [0.3, 0.4) is 0 Å². The van der Waals surface area contributed by atoms with Crippen LogP contribution in [0.1, 0.15) is 57.6 Å². The highest BCUT2D eigenvalue weighted by molar-refractivity contribution is 5.39. The normalized spacial score (nSPS) is 20.7. The molecule has 1 aliphatic heterocycles. The smallest absolute Gasteiger partial charge is 0.127 e. The first-order valence-electron chi connectivity index (χ1n) is 7.30. The van der Waals surface area contributed by atoms with Gasteiger partial charge in [0.05, 0.1) is 0 Å². The molecule has 1 unspecified atom stereocenters. The zero-order valence-electron chi connectivity index (χ0n) is 12.1. The van der Waals surface area contributed by atoms with Crippen molar-refractivity contribution in [2.75, 3.05) is 7.05 Å². The van der Waals surface area contributed by atoms with Crippen molar-refractivity contribution < 1.29 is 9.13 Å². The summed E-state index contributed by atoms with van der Waals surface area (Å²) in [7, 11) is 1.96. The van der Waals surface area contributed by atoms with E-state index >= 15 is 0 Å². The molecule has 1 aromatic carbocycles. The van der Waals surface area contributed by atoms with E-state index in [2.05, 4.69) is 19.2 Å². The Balaban J connectivity index is 2.37. The van der Waals surface area contributed by atoms with E-state index in [4.69, 9.17) is 4.74 Å². The molecule has 2 nitrogen and oxygen atoms in total. The van der Waals surface area contributed by atoms with Crippen molar-refractivity contribution in [1.29, 1.82) is 0 Å². The quantitative estimate of drug-likeness (QED) is 0.861. The van der Waals surface area contributed by atoms with Gasteiger partial charge in [-0.3, -0.25) is 0 Å². The van der Waals surface area contributed by atoms with Crippen molar-refractivity contribution in [3.63, 3.8) is 0 Å². The fraction of sp³-hybridized carbons (Fsp3) is 0.625. The van der Waals surface area contributed by atoms with Gasteiger partial charge in [0, 0.05) is 24.1 Å². The molecule has 0 radical (unpaired) electrons. The lowest BCUT2D eigenvalue weighted by molar-refractivity contribution is 0.0135. The lowest BCUT2D eigenvalue weighted by atomic mass is 9.81. The van der Waals surface area contributed by atoms with Crippen LogP contribution in [0, 0.1) is 5.82 Å². The van der Waals surface area contributed by atoms with Gasteiger partial charge in [0.25, 0.3) is 0 Å². The summed E-state index contributed by atoms with van der Waals surface area (Å²) in [5.74, 6) is 0.491. The minimum atomic E-state index is -0.225. The summed E-state index contributed by atoms with van der Waals surface area (Å²) in [6, 6.07) is 5.13. The summed E-state index contributed by atoms with van der Waals surface area (Å²) in [5, 5.41) is 3.35. The number of hydrogen-bond donors (Lipinski definition) is 1. The van der Waals surface area contributed by atoms with Crippen molar-refractivity contribution in [2.45, 2.75) is 57.6 Å². The van der Waals surface area contributed by atoms with Crippen molar-refractivity contribution in [2.24, 2.45) is 0 Å². The molecule has 2 rings (SSSR count). The Morgan fingerprint density at radius 3 is 2.58 bits per heavy atom. The highest BCUT2D eigenvalue weighted by Gasteiger charge is 2.39. The van der Waals surface area contributed by atoms with E-state index in [9.17, 15) is 4.39 Å². The van der Waals surface area contributed by atoms with Crippen LogP contribution in [0.15, 0.2) is 18.2 Å². The summed E-state index contributed by atoms with van der Waals surface area (Å²) < 4.78 is 19.7.